The van der Waals surface area contributed by atoms with Gasteiger partial charge in [0.25, 0.3) is 0 Å². The Morgan fingerprint density at radius 1 is 0.535 bits per heavy atom. The molecule has 2 aromatic rings. The number of nitrogens with zero attached hydrogens (tertiary/aromatic N) is 4. The Kier molecular flexibility index (Phi) is 19.3. The van der Waals surface area contributed by atoms with Crippen molar-refractivity contribution in [2.75, 3.05) is 11.9 Å². The maximum absolute atomic E-state index is 11.1. The van der Waals surface area contributed by atoms with Crippen molar-refractivity contribution in [3.8, 4) is 0 Å². The van der Waals surface area contributed by atoms with Crippen LogP contribution in [0.3, 0.4) is 0 Å². The highest BCUT2D eigenvalue weighted by Gasteiger charge is 2.24. The lowest BCUT2D eigenvalue weighted by atomic mass is 10.0. The molecule has 0 bridgehead atoms. The Bertz CT molecular complexity index is 1070. The summed E-state index contributed by atoms with van der Waals surface area (Å²) >= 11 is 0. The molecule has 0 amide bonds. The summed E-state index contributed by atoms with van der Waals surface area (Å²) in [5.41, 5.74) is 0.595. The average molecular weight is 596 g/mol. The van der Waals surface area contributed by atoms with Crippen LogP contribution in [0.4, 0.5) is 28.4 Å². The summed E-state index contributed by atoms with van der Waals surface area (Å²) in [6.45, 7) is 3.20. The molecule has 0 radical (unpaired) electrons. The standard InChI is InChI=1S/C34H53N5O4/c1-2-3-4-5-6-7-8-9-10-11-12-13-14-15-16-17-18-19-20-21-28-35-30-22-24-31(25-23-30)36-37-32-26-27-33(38(40)41)34(29-32)39(42)43/h22-27,29,35H,2-21,28H2,1H3. The van der Waals surface area contributed by atoms with Gasteiger partial charge in [-0.1, -0.05) is 129 Å². The van der Waals surface area contributed by atoms with Crippen LogP contribution in [0.1, 0.15) is 135 Å². The minimum atomic E-state index is -0.793. The molecule has 2 aromatic carbocycles. The van der Waals surface area contributed by atoms with Crippen molar-refractivity contribution in [1.29, 1.82) is 0 Å². The van der Waals surface area contributed by atoms with Gasteiger partial charge in [-0.3, -0.25) is 20.2 Å². The van der Waals surface area contributed by atoms with Gasteiger partial charge < -0.3 is 5.32 Å². The molecule has 0 aromatic heterocycles. The van der Waals surface area contributed by atoms with E-state index < -0.39 is 21.2 Å². The fraction of sp³-hybridized carbons (Fsp3) is 0.647. The van der Waals surface area contributed by atoms with E-state index in [4.69, 9.17) is 0 Å². The highest BCUT2D eigenvalue weighted by atomic mass is 16.6. The van der Waals surface area contributed by atoms with Gasteiger partial charge in [0.2, 0.25) is 0 Å². The van der Waals surface area contributed by atoms with Gasteiger partial charge in [0.1, 0.15) is 0 Å². The number of azo groups is 1. The van der Waals surface area contributed by atoms with E-state index in [0.717, 1.165) is 30.8 Å². The van der Waals surface area contributed by atoms with Crippen LogP contribution < -0.4 is 5.32 Å². The number of rotatable bonds is 26. The van der Waals surface area contributed by atoms with Gasteiger partial charge >= 0.3 is 11.4 Å². The molecule has 0 saturated heterocycles. The monoisotopic (exact) mass is 595 g/mol. The fourth-order valence-electron chi connectivity index (χ4n) is 5.25. The first kappa shape index (κ1) is 35.8. The third-order valence-corrected chi connectivity index (χ3v) is 7.86. The second-order valence-corrected chi connectivity index (χ2v) is 11.6. The fourth-order valence-corrected chi connectivity index (χ4v) is 5.25. The zero-order chi connectivity index (χ0) is 31.0. The number of benzene rings is 2. The van der Waals surface area contributed by atoms with E-state index in [9.17, 15) is 20.2 Å². The van der Waals surface area contributed by atoms with Crippen molar-refractivity contribution in [2.24, 2.45) is 10.2 Å². The van der Waals surface area contributed by atoms with Crippen molar-refractivity contribution in [3.05, 3.63) is 62.7 Å². The topological polar surface area (TPSA) is 123 Å². The summed E-state index contributed by atoms with van der Waals surface area (Å²) < 4.78 is 0. The molecule has 43 heavy (non-hydrogen) atoms. The van der Waals surface area contributed by atoms with Crippen LogP contribution >= 0.6 is 0 Å². The summed E-state index contributed by atoms with van der Waals surface area (Å²) in [7, 11) is 0. The molecule has 0 heterocycles. The van der Waals surface area contributed by atoms with Gasteiger partial charge in [0.05, 0.1) is 27.3 Å². The molecule has 0 unspecified atom stereocenters. The van der Waals surface area contributed by atoms with Crippen molar-refractivity contribution in [2.45, 2.75) is 135 Å². The highest BCUT2D eigenvalue weighted by molar-refractivity contribution is 5.60. The van der Waals surface area contributed by atoms with Crippen molar-refractivity contribution >= 4 is 28.4 Å². The lowest BCUT2D eigenvalue weighted by Gasteiger charge is -2.07. The van der Waals surface area contributed by atoms with E-state index in [-0.39, 0.29) is 5.69 Å². The van der Waals surface area contributed by atoms with Gasteiger partial charge in [-0.05, 0) is 36.8 Å². The molecule has 238 valence electrons. The molecular weight excluding hydrogens is 542 g/mol. The molecular formula is C34H53N5O4. The van der Waals surface area contributed by atoms with E-state index in [1.807, 2.05) is 24.3 Å². The Labute approximate surface area is 258 Å². The Morgan fingerprint density at radius 2 is 0.930 bits per heavy atom. The second kappa shape index (κ2) is 23.1. The van der Waals surface area contributed by atoms with Gasteiger partial charge in [-0.15, -0.1) is 0 Å². The lowest BCUT2D eigenvalue weighted by Crippen LogP contribution is -2.00. The Hall–Kier alpha value is -3.36. The number of hydrogen-bond acceptors (Lipinski definition) is 7. The molecule has 1 N–H and O–H groups in total. The van der Waals surface area contributed by atoms with Gasteiger partial charge in [-0.2, -0.15) is 10.2 Å². The summed E-state index contributed by atoms with van der Waals surface area (Å²) in [4.78, 5) is 20.5. The van der Waals surface area contributed by atoms with Crippen LogP contribution in [0.5, 0.6) is 0 Å². The maximum Gasteiger partial charge on any atom is 0.348 e. The van der Waals surface area contributed by atoms with Gasteiger partial charge in [-0.25, -0.2) is 0 Å². The summed E-state index contributed by atoms with van der Waals surface area (Å²) in [5.74, 6) is 0. The molecule has 0 atom stereocenters. The quantitative estimate of drug-likeness (QED) is 0.0501. The minimum Gasteiger partial charge on any atom is -0.385 e. The van der Waals surface area contributed by atoms with Crippen LogP contribution in [-0.4, -0.2) is 16.4 Å². The highest BCUT2D eigenvalue weighted by Crippen LogP contribution is 2.31. The Balaban J connectivity index is 1.43. The molecule has 9 heteroatoms. The molecule has 9 nitrogen and oxygen atoms in total. The van der Waals surface area contributed by atoms with Crippen LogP contribution in [0.25, 0.3) is 0 Å². The van der Waals surface area contributed by atoms with Gasteiger partial charge in [0, 0.05) is 18.3 Å². The van der Waals surface area contributed by atoms with Crippen LogP contribution in [0.15, 0.2) is 52.7 Å². The first-order valence-corrected chi connectivity index (χ1v) is 16.7. The maximum atomic E-state index is 11.1. The number of hydrogen-bond donors (Lipinski definition) is 1. The molecule has 0 aliphatic heterocycles. The molecule has 0 saturated carbocycles. The number of nitrogens with one attached hydrogen (secondary N) is 1. The third-order valence-electron chi connectivity index (χ3n) is 7.86. The molecule has 0 fully saturated rings. The second-order valence-electron chi connectivity index (χ2n) is 11.6. The third kappa shape index (κ3) is 16.8. The SMILES string of the molecule is CCCCCCCCCCCCCCCCCCCCCCNc1ccc(N=Nc2ccc([N+](=O)[O-])c([N+](=O)[O-])c2)cc1. The van der Waals surface area contributed by atoms with E-state index in [1.54, 1.807) is 0 Å². The van der Waals surface area contributed by atoms with Crippen LogP contribution in [0.2, 0.25) is 0 Å². The minimum absolute atomic E-state index is 0.180. The molecule has 0 aliphatic rings. The predicted molar refractivity (Wildman–Crippen MR) is 177 cm³/mol. The van der Waals surface area contributed by atoms with E-state index in [1.165, 1.54) is 128 Å². The zero-order valence-electron chi connectivity index (χ0n) is 26.3. The normalized spacial score (nSPS) is 11.3. The number of anilines is 1. The lowest BCUT2D eigenvalue weighted by molar-refractivity contribution is -0.422. The van der Waals surface area contributed by atoms with E-state index in [2.05, 4.69) is 22.5 Å². The number of unbranched alkanes of at least 4 members (excludes halogenated alkanes) is 19. The van der Waals surface area contributed by atoms with Crippen molar-refractivity contribution in [3.63, 3.8) is 0 Å². The van der Waals surface area contributed by atoms with E-state index in [0.29, 0.717) is 5.69 Å². The number of nitro groups is 2. The van der Waals surface area contributed by atoms with Gasteiger partial charge in [0.15, 0.2) is 0 Å². The largest absolute Gasteiger partial charge is 0.385 e. The first-order valence-electron chi connectivity index (χ1n) is 16.7. The zero-order valence-corrected chi connectivity index (χ0v) is 26.3. The number of nitro benzene ring substituents is 2. The first-order chi connectivity index (χ1) is 21.0. The Morgan fingerprint density at radius 3 is 1.37 bits per heavy atom. The smallest absolute Gasteiger partial charge is 0.348 e. The molecule has 0 spiro atoms. The van der Waals surface area contributed by atoms with Crippen molar-refractivity contribution in [1.82, 2.24) is 0 Å². The van der Waals surface area contributed by atoms with Crippen LogP contribution in [-0.2, 0) is 0 Å². The van der Waals surface area contributed by atoms with Crippen LogP contribution in [0, 0.1) is 20.2 Å². The average Bonchev–Trinajstić information content (AvgIpc) is 3.01. The van der Waals surface area contributed by atoms with Crippen molar-refractivity contribution < 1.29 is 9.85 Å². The summed E-state index contributed by atoms with van der Waals surface area (Å²) in [5, 5.41) is 33.5. The molecule has 2 rings (SSSR count). The summed E-state index contributed by atoms with van der Waals surface area (Å²) in [6, 6.07) is 10.9. The van der Waals surface area contributed by atoms with E-state index >= 15 is 0 Å². The molecule has 0 aliphatic carbocycles. The summed E-state index contributed by atoms with van der Waals surface area (Å²) in [6.07, 6.45) is 27.6. The predicted octanol–water partition coefficient (Wildman–Crippen LogP) is 12.2.